The van der Waals surface area contributed by atoms with E-state index in [4.69, 9.17) is 10.5 Å². The SMILES string of the molecule is COCC(NS(=O)(=O)c1cc(CN)cc(Br)c1C)C(C)C. The summed E-state index contributed by atoms with van der Waals surface area (Å²) in [5.74, 6) is 0.126. The summed E-state index contributed by atoms with van der Waals surface area (Å²) in [6.45, 7) is 6.27. The van der Waals surface area contributed by atoms with Crippen molar-refractivity contribution in [2.45, 2.75) is 38.3 Å². The molecule has 1 rings (SSSR count). The number of rotatable bonds is 7. The molecule has 5 nitrogen and oxygen atoms in total. The average molecular weight is 379 g/mol. The zero-order valence-corrected chi connectivity index (χ0v) is 15.2. The molecule has 0 aromatic heterocycles. The predicted octanol–water partition coefficient (Wildman–Crippen LogP) is 2.17. The Balaban J connectivity index is 3.21. The second kappa shape index (κ2) is 7.69. The molecule has 7 heteroatoms. The fraction of sp³-hybridized carbons (Fsp3) is 0.571. The van der Waals surface area contributed by atoms with Crippen molar-refractivity contribution in [2.75, 3.05) is 13.7 Å². The lowest BCUT2D eigenvalue weighted by Crippen LogP contribution is -2.41. The molecular weight excluding hydrogens is 356 g/mol. The van der Waals surface area contributed by atoms with Crippen LogP contribution in [0.4, 0.5) is 0 Å². The fourth-order valence-corrected chi connectivity index (χ4v) is 4.23. The first-order valence-corrected chi connectivity index (χ1v) is 9.01. The molecule has 0 amide bonds. The van der Waals surface area contributed by atoms with Crippen molar-refractivity contribution in [3.8, 4) is 0 Å². The molecule has 1 atom stereocenters. The molecule has 0 aliphatic heterocycles. The van der Waals surface area contributed by atoms with Crippen LogP contribution in [0.5, 0.6) is 0 Å². The Morgan fingerprint density at radius 1 is 1.38 bits per heavy atom. The summed E-state index contributed by atoms with van der Waals surface area (Å²) in [4.78, 5) is 0.249. The van der Waals surface area contributed by atoms with Gasteiger partial charge in [-0.15, -0.1) is 0 Å². The van der Waals surface area contributed by atoms with Crippen molar-refractivity contribution in [1.29, 1.82) is 0 Å². The first-order valence-electron chi connectivity index (χ1n) is 6.73. The quantitative estimate of drug-likeness (QED) is 0.761. The Morgan fingerprint density at radius 3 is 2.48 bits per heavy atom. The van der Waals surface area contributed by atoms with E-state index < -0.39 is 10.0 Å². The molecule has 3 N–H and O–H groups in total. The molecule has 1 aromatic carbocycles. The van der Waals surface area contributed by atoms with Crippen LogP contribution in [-0.2, 0) is 21.3 Å². The number of methoxy groups -OCH3 is 1. The van der Waals surface area contributed by atoms with Crippen molar-refractivity contribution in [2.24, 2.45) is 11.7 Å². The molecule has 0 aliphatic carbocycles. The van der Waals surface area contributed by atoms with Gasteiger partial charge < -0.3 is 10.5 Å². The third kappa shape index (κ3) is 4.75. The summed E-state index contributed by atoms with van der Waals surface area (Å²) in [7, 11) is -2.07. The van der Waals surface area contributed by atoms with E-state index in [9.17, 15) is 8.42 Å². The lowest BCUT2D eigenvalue weighted by molar-refractivity contribution is 0.157. The minimum absolute atomic E-state index is 0.126. The fourth-order valence-electron chi connectivity index (χ4n) is 1.91. The maximum atomic E-state index is 12.6. The van der Waals surface area contributed by atoms with Crippen molar-refractivity contribution in [3.63, 3.8) is 0 Å². The van der Waals surface area contributed by atoms with E-state index in [0.717, 1.165) is 10.0 Å². The summed E-state index contributed by atoms with van der Waals surface area (Å²) in [5.41, 5.74) is 7.05. The summed E-state index contributed by atoms with van der Waals surface area (Å²) >= 11 is 3.38. The Labute approximate surface area is 135 Å². The highest BCUT2D eigenvalue weighted by Gasteiger charge is 2.25. The van der Waals surface area contributed by atoms with E-state index in [0.29, 0.717) is 12.2 Å². The number of nitrogens with two attached hydrogens (primary N) is 1. The Kier molecular flexibility index (Phi) is 6.80. The van der Waals surface area contributed by atoms with Crippen LogP contribution in [0.15, 0.2) is 21.5 Å². The molecule has 120 valence electrons. The molecule has 21 heavy (non-hydrogen) atoms. The largest absolute Gasteiger partial charge is 0.383 e. The number of benzene rings is 1. The van der Waals surface area contributed by atoms with Crippen molar-refractivity contribution in [1.82, 2.24) is 4.72 Å². The van der Waals surface area contributed by atoms with Crippen LogP contribution < -0.4 is 10.5 Å². The van der Waals surface area contributed by atoms with E-state index in [1.165, 1.54) is 0 Å². The van der Waals surface area contributed by atoms with Gasteiger partial charge in [-0.3, -0.25) is 0 Å². The van der Waals surface area contributed by atoms with Crippen LogP contribution in [0.2, 0.25) is 0 Å². The van der Waals surface area contributed by atoms with Gasteiger partial charge in [-0.25, -0.2) is 13.1 Å². The van der Waals surface area contributed by atoms with Gasteiger partial charge in [0.05, 0.1) is 11.5 Å². The molecule has 1 unspecified atom stereocenters. The summed E-state index contributed by atoms with van der Waals surface area (Å²) in [6, 6.07) is 3.18. The van der Waals surface area contributed by atoms with Gasteiger partial charge in [0.1, 0.15) is 0 Å². The Bertz CT molecular complexity index is 588. The molecule has 0 aliphatic rings. The highest BCUT2D eigenvalue weighted by Crippen LogP contribution is 2.26. The van der Waals surface area contributed by atoms with E-state index >= 15 is 0 Å². The zero-order valence-electron chi connectivity index (χ0n) is 12.8. The molecular formula is C14H23BrN2O3S. The Morgan fingerprint density at radius 2 is 2.00 bits per heavy atom. The smallest absolute Gasteiger partial charge is 0.241 e. The third-order valence-electron chi connectivity index (χ3n) is 3.34. The minimum atomic E-state index is -3.63. The second-order valence-corrected chi connectivity index (χ2v) is 7.87. The number of sulfonamides is 1. The molecule has 0 bridgehead atoms. The third-order valence-corrected chi connectivity index (χ3v) is 5.78. The standard InChI is InChI=1S/C14H23BrN2O3S/c1-9(2)13(8-20-4)17-21(18,19)14-6-11(7-16)5-12(15)10(14)3/h5-6,9,13,17H,7-8,16H2,1-4H3. The number of nitrogens with one attached hydrogen (secondary N) is 1. The topological polar surface area (TPSA) is 81.4 Å². The number of halogens is 1. The lowest BCUT2D eigenvalue weighted by Gasteiger charge is -2.22. The normalized spacial score (nSPS) is 13.7. The van der Waals surface area contributed by atoms with Crippen LogP contribution in [0.25, 0.3) is 0 Å². The van der Waals surface area contributed by atoms with Crippen LogP contribution in [0, 0.1) is 12.8 Å². The molecule has 0 fully saturated rings. The van der Waals surface area contributed by atoms with Gasteiger partial charge >= 0.3 is 0 Å². The van der Waals surface area contributed by atoms with Crippen molar-refractivity contribution < 1.29 is 13.2 Å². The predicted molar refractivity (Wildman–Crippen MR) is 87.6 cm³/mol. The zero-order chi connectivity index (χ0) is 16.2. The Hall–Kier alpha value is -0.470. The summed E-state index contributed by atoms with van der Waals surface area (Å²) in [6.07, 6.45) is 0. The van der Waals surface area contributed by atoms with Gasteiger partial charge in [-0.05, 0) is 36.1 Å². The van der Waals surface area contributed by atoms with Crippen molar-refractivity contribution >= 4 is 26.0 Å². The van der Waals surface area contributed by atoms with Gasteiger partial charge in [-0.1, -0.05) is 29.8 Å². The van der Waals surface area contributed by atoms with E-state index in [-0.39, 0.29) is 23.4 Å². The molecule has 0 saturated heterocycles. The van der Waals surface area contributed by atoms with Gasteiger partial charge in [-0.2, -0.15) is 0 Å². The first kappa shape index (κ1) is 18.6. The van der Waals surface area contributed by atoms with Gasteiger partial charge in [0, 0.05) is 24.2 Å². The van der Waals surface area contributed by atoms with E-state index in [1.54, 1.807) is 20.1 Å². The average Bonchev–Trinajstić information content (AvgIpc) is 2.40. The molecule has 0 spiro atoms. The highest BCUT2D eigenvalue weighted by atomic mass is 79.9. The maximum absolute atomic E-state index is 12.6. The molecule has 0 saturated carbocycles. The summed E-state index contributed by atoms with van der Waals surface area (Å²) < 4.78 is 33.8. The van der Waals surface area contributed by atoms with E-state index in [1.807, 2.05) is 19.9 Å². The lowest BCUT2D eigenvalue weighted by atomic mass is 10.1. The van der Waals surface area contributed by atoms with Gasteiger partial charge in [0.2, 0.25) is 10.0 Å². The molecule has 0 heterocycles. The van der Waals surface area contributed by atoms with Crippen molar-refractivity contribution in [3.05, 3.63) is 27.7 Å². The van der Waals surface area contributed by atoms with Crippen LogP contribution >= 0.6 is 15.9 Å². The monoisotopic (exact) mass is 378 g/mol. The van der Waals surface area contributed by atoms with Crippen LogP contribution in [0.3, 0.4) is 0 Å². The van der Waals surface area contributed by atoms with Gasteiger partial charge in [0.25, 0.3) is 0 Å². The first-order chi connectivity index (χ1) is 9.72. The van der Waals surface area contributed by atoms with Crippen LogP contribution in [-0.4, -0.2) is 28.2 Å². The number of hydrogen-bond donors (Lipinski definition) is 2. The highest BCUT2D eigenvalue weighted by molar-refractivity contribution is 9.10. The minimum Gasteiger partial charge on any atom is -0.383 e. The van der Waals surface area contributed by atoms with Crippen LogP contribution in [0.1, 0.15) is 25.0 Å². The maximum Gasteiger partial charge on any atom is 0.241 e. The van der Waals surface area contributed by atoms with E-state index in [2.05, 4.69) is 20.7 Å². The second-order valence-electron chi connectivity index (χ2n) is 5.33. The molecule has 0 radical (unpaired) electrons. The van der Waals surface area contributed by atoms with Gasteiger partial charge in [0.15, 0.2) is 0 Å². The molecule has 1 aromatic rings. The number of hydrogen-bond acceptors (Lipinski definition) is 4. The summed E-state index contributed by atoms with van der Waals surface area (Å²) in [5, 5.41) is 0. The number of ether oxygens (including phenoxy) is 1.